The van der Waals surface area contributed by atoms with Crippen LogP contribution in [-0.4, -0.2) is 42.9 Å². The minimum atomic E-state index is -0.517. The van der Waals surface area contributed by atoms with Gasteiger partial charge in [0.25, 0.3) is 0 Å². The van der Waals surface area contributed by atoms with Crippen LogP contribution >= 0.6 is 0 Å². The molecule has 0 saturated heterocycles. The van der Waals surface area contributed by atoms with Crippen molar-refractivity contribution in [2.45, 2.75) is 39.7 Å². The van der Waals surface area contributed by atoms with Gasteiger partial charge in [-0.15, -0.1) is 0 Å². The molecule has 0 aromatic heterocycles. The topological polar surface area (TPSA) is 53.9 Å². The molecule has 0 aliphatic heterocycles. The summed E-state index contributed by atoms with van der Waals surface area (Å²) in [7, 11) is 3.99. The lowest BCUT2D eigenvalue weighted by Gasteiger charge is -2.18. The second-order valence-corrected chi connectivity index (χ2v) is 5.01. The van der Waals surface area contributed by atoms with Gasteiger partial charge in [-0.2, -0.15) is 5.10 Å². The molecule has 0 heterocycles. The summed E-state index contributed by atoms with van der Waals surface area (Å²) in [6.07, 6.45) is 0.305. The molecule has 0 aliphatic carbocycles. The summed E-state index contributed by atoms with van der Waals surface area (Å²) in [6.45, 7) is 8.23. The van der Waals surface area contributed by atoms with Crippen molar-refractivity contribution >= 4 is 11.8 Å². The fourth-order valence-corrected chi connectivity index (χ4v) is 0.883. The van der Waals surface area contributed by atoms with Crippen molar-refractivity contribution < 1.29 is 9.53 Å². The van der Waals surface area contributed by atoms with Gasteiger partial charge in [0.05, 0.1) is 0 Å². The first-order valence-electron chi connectivity index (χ1n) is 5.37. The molecular formula is C11H23N3O2. The zero-order valence-corrected chi connectivity index (χ0v) is 11.1. The summed E-state index contributed by atoms with van der Waals surface area (Å²) in [5.74, 6) is 0. The maximum Gasteiger partial charge on any atom is 0.428 e. The van der Waals surface area contributed by atoms with Crippen molar-refractivity contribution in [1.29, 1.82) is 0 Å². The summed E-state index contributed by atoms with van der Waals surface area (Å²) in [4.78, 5) is 13.3. The van der Waals surface area contributed by atoms with E-state index in [9.17, 15) is 4.79 Å². The number of carbonyl (C=O) groups is 1. The summed E-state index contributed by atoms with van der Waals surface area (Å²) in [5, 5.41) is 3.95. The molecule has 5 heteroatoms. The van der Waals surface area contributed by atoms with Crippen LogP contribution in [0.1, 0.15) is 34.1 Å². The third-order valence-electron chi connectivity index (χ3n) is 1.66. The molecule has 5 nitrogen and oxygen atoms in total. The second kappa shape index (κ2) is 6.48. The van der Waals surface area contributed by atoms with Crippen molar-refractivity contribution in [3.63, 3.8) is 0 Å². The van der Waals surface area contributed by atoms with E-state index in [4.69, 9.17) is 4.74 Å². The van der Waals surface area contributed by atoms with E-state index in [1.54, 1.807) is 0 Å². The van der Waals surface area contributed by atoms with E-state index in [2.05, 4.69) is 15.4 Å². The summed E-state index contributed by atoms with van der Waals surface area (Å²) < 4.78 is 5.05. The average Bonchev–Trinajstić information content (AvgIpc) is 2.08. The number of hydrazone groups is 1. The molecule has 0 bridgehead atoms. The van der Waals surface area contributed by atoms with Gasteiger partial charge in [-0.25, -0.2) is 10.2 Å². The van der Waals surface area contributed by atoms with Gasteiger partial charge in [0.15, 0.2) is 0 Å². The molecule has 94 valence electrons. The SMILES string of the molecule is CC(CCN(C)C)=NNC(=O)OC(C)(C)C. The Morgan fingerprint density at radius 3 is 2.38 bits per heavy atom. The molecule has 0 unspecified atom stereocenters. The van der Waals surface area contributed by atoms with Crippen LogP contribution in [0.4, 0.5) is 4.79 Å². The molecule has 0 aliphatic rings. The quantitative estimate of drug-likeness (QED) is 0.591. The number of nitrogens with zero attached hydrogens (tertiary/aromatic N) is 2. The van der Waals surface area contributed by atoms with Gasteiger partial charge in [0.1, 0.15) is 5.60 Å². The lowest BCUT2D eigenvalue weighted by molar-refractivity contribution is 0.0529. The Balaban J connectivity index is 3.93. The lowest BCUT2D eigenvalue weighted by Crippen LogP contribution is -2.30. The van der Waals surface area contributed by atoms with E-state index < -0.39 is 11.7 Å². The molecule has 0 atom stereocenters. The fraction of sp³-hybridized carbons (Fsp3) is 0.818. The molecule has 0 rings (SSSR count). The maximum absolute atomic E-state index is 11.3. The van der Waals surface area contributed by atoms with Gasteiger partial charge in [-0.1, -0.05) is 0 Å². The number of ether oxygens (including phenoxy) is 1. The monoisotopic (exact) mass is 229 g/mol. The highest BCUT2D eigenvalue weighted by atomic mass is 16.6. The van der Waals surface area contributed by atoms with Gasteiger partial charge in [0.2, 0.25) is 0 Å². The van der Waals surface area contributed by atoms with Gasteiger partial charge >= 0.3 is 6.09 Å². The first kappa shape index (κ1) is 14.9. The van der Waals surface area contributed by atoms with Gasteiger partial charge in [-0.3, -0.25) is 0 Å². The van der Waals surface area contributed by atoms with Crippen LogP contribution < -0.4 is 5.43 Å². The largest absolute Gasteiger partial charge is 0.443 e. The van der Waals surface area contributed by atoms with Gasteiger partial charge in [0, 0.05) is 12.3 Å². The smallest absolute Gasteiger partial charge is 0.428 e. The van der Waals surface area contributed by atoms with Crippen molar-refractivity contribution in [1.82, 2.24) is 10.3 Å². The summed E-state index contributed by atoms with van der Waals surface area (Å²) >= 11 is 0. The van der Waals surface area contributed by atoms with E-state index in [1.807, 2.05) is 41.8 Å². The van der Waals surface area contributed by atoms with Crippen molar-refractivity contribution in [3.8, 4) is 0 Å². The molecule has 0 spiro atoms. The third kappa shape index (κ3) is 9.45. The molecule has 0 aromatic carbocycles. The normalized spacial score (nSPS) is 12.8. The zero-order chi connectivity index (χ0) is 12.8. The molecule has 0 fully saturated rings. The highest BCUT2D eigenvalue weighted by Gasteiger charge is 2.15. The number of hydrogen-bond acceptors (Lipinski definition) is 4. The summed E-state index contributed by atoms with van der Waals surface area (Å²) in [6, 6.07) is 0. The molecule has 1 amide bonds. The molecule has 1 N–H and O–H groups in total. The molecule has 16 heavy (non-hydrogen) atoms. The van der Waals surface area contributed by atoms with Gasteiger partial charge in [-0.05, 0) is 48.2 Å². The second-order valence-electron chi connectivity index (χ2n) is 5.01. The highest BCUT2D eigenvalue weighted by molar-refractivity contribution is 5.83. The predicted octanol–water partition coefficient (Wildman–Crippen LogP) is 1.84. The average molecular weight is 229 g/mol. The van der Waals surface area contributed by atoms with Crippen molar-refractivity contribution in [2.75, 3.05) is 20.6 Å². The lowest BCUT2D eigenvalue weighted by atomic mass is 10.2. The fourth-order valence-electron chi connectivity index (χ4n) is 0.883. The van der Waals surface area contributed by atoms with Crippen LogP contribution in [-0.2, 0) is 4.74 Å². The van der Waals surface area contributed by atoms with E-state index in [-0.39, 0.29) is 0 Å². The molecule has 0 aromatic rings. The Bertz CT molecular complexity index is 254. The maximum atomic E-state index is 11.3. The minimum absolute atomic E-state index is 0.489. The highest BCUT2D eigenvalue weighted by Crippen LogP contribution is 2.06. The predicted molar refractivity (Wildman–Crippen MR) is 65.6 cm³/mol. The standard InChI is InChI=1S/C11H23N3O2/c1-9(7-8-14(5)6)12-13-10(15)16-11(2,3)4/h7-8H2,1-6H3,(H,13,15). The minimum Gasteiger partial charge on any atom is -0.443 e. The number of amides is 1. The van der Waals surface area contributed by atoms with Crippen molar-refractivity contribution in [2.24, 2.45) is 5.10 Å². The first-order valence-corrected chi connectivity index (χ1v) is 5.37. The van der Waals surface area contributed by atoms with Crippen LogP contribution in [0.3, 0.4) is 0 Å². The van der Waals surface area contributed by atoms with E-state index >= 15 is 0 Å². The van der Waals surface area contributed by atoms with Gasteiger partial charge < -0.3 is 9.64 Å². The number of carbonyl (C=O) groups excluding carboxylic acids is 1. The van der Waals surface area contributed by atoms with Crippen LogP contribution in [0, 0.1) is 0 Å². The van der Waals surface area contributed by atoms with Crippen LogP contribution in [0.2, 0.25) is 0 Å². The Labute approximate surface area is 97.8 Å². The van der Waals surface area contributed by atoms with E-state index in [0.717, 1.165) is 18.7 Å². The Hall–Kier alpha value is -1.10. The number of rotatable bonds is 4. The Kier molecular flexibility index (Phi) is 6.03. The van der Waals surface area contributed by atoms with Crippen LogP contribution in [0.15, 0.2) is 5.10 Å². The third-order valence-corrected chi connectivity index (χ3v) is 1.66. The van der Waals surface area contributed by atoms with Crippen LogP contribution in [0.25, 0.3) is 0 Å². The first-order chi connectivity index (χ1) is 7.20. The van der Waals surface area contributed by atoms with Crippen molar-refractivity contribution in [3.05, 3.63) is 0 Å². The molecule has 0 radical (unpaired) electrons. The summed E-state index contributed by atoms with van der Waals surface area (Å²) in [5.41, 5.74) is 2.76. The number of hydrogen-bond donors (Lipinski definition) is 1. The molecule has 0 saturated carbocycles. The van der Waals surface area contributed by atoms with E-state index in [0.29, 0.717) is 0 Å². The van der Waals surface area contributed by atoms with Crippen LogP contribution in [0.5, 0.6) is 0 Å². The zero-order valence-electron chi connectivity index (χ0n) is 11.1. The Morgan fingerprint density at radius 2 is 1.94 bits per heavy atom. The Morgan fingerprint density at radius 1 is 1.38 bits per heavy atom. The number of nitrogens with one attached hydrogen (secondary N) is 1. The molecular weight excluding hydrogens is 206 g/mol. The van der Waals surface area contributed by atoms with E-state index in [1.165, 1.54) is 0 Å².